The van der Waals surface area contributed by atoms with Crippen LogP contribution < -0.4 is 4.72 Å². The van der Waals surface area contributed by atoms with Crippen molar-refractivity contribution in [1.29, 1.82) is 0 Å². The summed E-state index contributed by atoms with van der Waals surface area (Å²) in [6, 6.07) is 1.44. The Balaban J connectivity index is 2.02. The fourth-order valence-corrected chi connectivity index (χ4v) is 3.64. The summed E-state index contributed by atoms with van der Waals surface area (Å²) in [7, 11) is -3.62. The fraction of sp³-hybridized carbons (Fsp3) is 0.545. The number of rotatable bonds is 4. The summed E-state index contributed by atoms with van der Waals surface area (Å²) >= 11 is 5.83. The maximum Gasteiger partial charge on any atom is 0.243 e. The van der Waals surface area contributed by atoms with Gasteiger partial charge >= 0.3 is 0 Å². The molecule has 0 spiro atoms. The smallest absolute Gasteiger partial charge is 0.243 e. The highest BCUT2D eigenvalue weighted by Gasteiger charge is 2.25. The molecule has 0 radical (unpaired) electrons. The van der Waals surface area contributed by atoms with Crippen molar-refractivity contribution in [3.8, 4) is 0 Å². The average Bonchev–Trinajstić information content (AvgIpc) is 2.73. The Morgan fingerprint density at radius 1 is 1.50 bits per heavy atom. The number of aliphatic hydroxyl groups is 1. The molecule has 1 fully saturated rings. The average molecular weight is 291 g/mol. The van der Waals surface area contributed by atoms with Gasteiger partial charge in [-0.15, -0.1) is 0 Å². The number of halogens is 1. The van der Waals surface area contributed by atoms with E-state index in [-0.39, 0.29) is 21.9 Å². The lowest BCUT2D eigenvalue weighted by Gasteiger charge is -2.11. The summed E-state index contributed by atoms with van der Waals surface area (Å²) < 4.78 is 26.5. The molecule has 1 saturated carbocycles. The molecule has 100 valence electrons. The van der Waals surface area contributed by atoms with Crippen LogP contribution in [0.3, 0.4) is 0 Å². The summed E-state index contributed by atoms with van der Waals surface area (Å²) in [6.45, 7) is 0.324. The third kappa shape index (κ3) is 3.20. The highest BCUT2D eigenvalue weighted by atomic mass is 35.5. The minimum atomic E-state index is -3.62. The third-order valence-electron chi connectivity index (χ3n) is 3.10. The number of aromatic nitrogens is 1. The first-order valence-electron chi connectivity index (χ1n) is 5.76. The molecule has 7 heteroatoms. The molecule has 0 saturated heterocycles. The fourth-order valence-electron chi connectivity index (χ4n) is 2.10. The molecule has 0 aromatic carbocycles. The quantitative estimate of drug-likeness (QED) is 0.872. The molecule has 2 unspecified atom stereocenters. The van der Waals surface area contributed by atoms with Gasteiger partial charge in [-0.2, -0.15) is 0 Å². The molecule has 0 bridgehead atoms. The van der Waals surface area contributed by atoms with Crippen molar-refractivity contribution >= 4 is 21.6 Å². The van der Waals surface area contributed by atoms with E-state index >= 15 is 0 Å². The number of nitrogens with one attached hydrogen (secondary N) is 1. The van der Waals surface area contributed by atoms with E-state index in [0.29, 0.717) is 13.0 Å². The lowest BCUT2D eigenvalue weighted by molar-refractivity contribution is 0.178. The van der Waals surface area contributed by atoms with Crippen molar-refractivity contribution in [3.05, 3.63) is 23.5 Å². The molecule has 2 rings (SSSR count). The molecule has 2 atom stereocenters. The molecule has 1 heterocycles. The molecule has 2 N–H and O–H groups in total. The molecule has 0 amide bonds. The lowest BCUT2D eigenvalue weighted by atomic mass is 10.1. The molecule has 0 aliphatic heterocycles. The maximum atomic E-state index is 12.0. The van der Waals surface area contributed by atoms with Crippen LogP contribution in [0.2, 0.25) is 5.02 Å². The molecule has 1 aliphatic carbocycles. The molecular formula is C11H15ClN2O3S. The van der Waals surface area contributed by atoms with Crippen LogP contribution in [0.4, 0.5) is 0 Å². The maximum absolute atomic E-state index is 12.0. The molecule has 18 heavy (non-hydrogen) atoms. The standard InChI is InChI=1S/C11H15ClN2O3S/c12-10-3-4-13-7-11(10)18(16,17)14-6-8-1-2-9(15)5-8/h3-4,7-9,14-15H,1-2,5-6H2. The van der Waals surface area contributed by atoms with Crippen LogP contribution in [-0.4, -0.2) is 31.2 Å². The van der Waals surface area contributed by atoms with Gasteiger partial charge in [-0.05, 0) is 31.2 Å². The van der Waals surface area contributed by atoms with E-state index < -0.39 is 10.0 Å². The summed E-state index contributed by atoms with van der Waals surface area (Å²) in [6.07, 6.45) is 4.58. The molecule has 5 nitrogen and oxygen atoms in total. The third-order valence-corrected chi connectivity index (χ3v) is 4.99. The van der Waals surface area contributed by atoms with Crippen LogP contribution in [0, 0.1) is 5.92 Å². The number of nitrogens with zero attached hydrogens (tertiary/aromatic N) is 1. The van der Waals surface area contributed by atoms with Gasteiger partial charge in [-0.25, -0.2) is 13.1 Å². The van der Waals surface area contributed by atoms with E-state index in [0.717, 1.165) is 12.8 Å². The zero-order chi connectivity index (χ0) is 13.2. The van der Waals surface area contributed by atoms with Gasteiger partial charge in [-0.1, -0.05) is 11.6 Å². The van der Waals surface area contributed by atoms with Gasteiger partial charge in [-0.3, -0.25) is 4.98 Å². The van der Waals surface area contributed by atoms with Gasteiger partial charge in [0.1, 0.15) is 4.90 Å². The van der Waals surface area contributed by atoms with Crippen molar-refractivity contribution in [2.75, 3.05) is 6.54 Å². The topological polar surface area (TPSA) is 79.3 Å². The second kappa shape index (κ2) is 5.52. The second-order valence-corrected chi connectivity index (χ2v) is 6.63. The number of hydrogen-bond acceptors (Lipinski definition) is 4. The summed E-state index contributed by atoms with van der Waals surface area (Å²) in [5.74, 6) is 0.185. The second-order valence-electron chi connectivity index (χ2n) is 4.49. The monoisotopic (exact) mass is 290 g/mol. The Morgan fingerprint density at radius 3 is 2.89 bits per heavy atom. The van der Waals surface area contributed by atoms with E-state index in [9.17, 15) is 13.5 Å². The summed E-state index contributed by atoms with van der Waals surface area (Å²) in [5.41, 5.74) is 0. The Morgan fingerprint density at radius 2 is 2.28 bits per heavy atom. The van der Waals surface area contributed by atoms with Gasteiger partial charge < -0.3 is 5.11 Å². The minimum absolute atomic E-state index is 0.00906. The van der Waals surface area contributed by atoms with E-state index in [1.165, 1.54) is 18.5 Å². The Kier molecular flexibility index (Phi) is 4.21. The first-order chi connectivity index (χ1) is 8.49. The summed E-state index contributed by atoms with van der Waals surface area (Å²) in [5, 5.41) is 9.54. The predicted octanol–water partition coefficient (Wildman–Crippen LogP) is 1.17. The number of sulfonamides is 1. The van der Waals surface area contributed by atoms with E-state index in [2.05, 4.69) is 9.71 Å². The molecule has 1 aromatic rings. The molecular weight excluding hydrogens is 276 g/mol. The van der Waals surface area contributed by atoms with E-state index in [1.54, 1.807) is 0 Å². The van der Waals surface area contributed by atoms with Gasteiger partial charge in [0, 0.05) is 18.9 Å². The van der Waals surface area contributed by atoms with E-state index in [1.807, 2.05) is 0 Å². The number of aliphatic hydroxyl groups excluding tert-OH is 1. The van der Waals surface area contributed by atoms with Crippen molar-refractivity contribution in [2.24, 2.45) is 5.92 Å². The van der Waals surface area contributed by atoms with Gasteiger partial charge in [0.15, 0.2) is 0 Å². The van der Waals surface area contributed by atoms with Crippen LogP contribution in [0.5, 0.6) is 0 Å². The molecule has 1 aliphatic rings. The van der Waals surface area contributed by atoms with Gasteiger partial charge in [0.2, 0.25) is 10.0 Å². The van der Waals surface area contributed by atoms with Crippen molar-refractivity contribution in [3.63, 3.8) is 0 Å². The van der Waals surface area contributed by atoms with Crippen molar-refractivity contribution in [2.45, 2.75) is 30.3 Å². The SMILES string of the molecule is O=S(=O)(NCC1CCC(O)C1)c1cnccc1Cl. The van der Waals surface area contributed by atoms with Crippen LogP contribution in [0.1, 0.15) is 19.3 Å². The van der Waals surface area contributed by atoms with Crippen molar-refractivity contribution < 1.29 is 13.5 Å². The number of pyridine rings is 1. The summed E-state index contributed by atoms with van der Waals surface area (Å²) in [4.78, 5) is 3.75. The minimum Gasteiger partial charge on any atom is -0.393 e. The van der Waals surface area contributed by atoms with Gasteiger partial charge in [0.25, 0.3) is 0 Å². The highest BCUT2D eigenvalue weighted by molar-refractivity contribution is 7.89. The van der Waals surface area contributed by atoms with Crippen LogP contribution >= 0.6 is 11.6 Å². The van der Waals surface area contributed by atoms with Crippen LogP contribution in [0.15, 0.2) is 23.4 Å². The van der Waals surface area contributed by atoms with Crippen LogP contribution in [0.25, 0.3) is 0 Å². The first kappa shape index (κ1) is 13.7. The molecule has 1 aromatic heterocycles. The Bertz CT molecular complexity index is 521. The Hall–Kier alpha value is -0.690. The van der Waals surface area contributed by atoms with Crippen molar-refractivity contribution in [1.82, 2.24) is 9.71 Å². The van der Waals surface area contributed by atoms with Crippen LogP contribution in [-0.2, 0) is 10.0 Å². The number of hydrogen-bond donors (Lipinski definition) is 2. The van der Waals surface area contributed by atoms with Gasteiger partial charge in [0.05, 0.1) is 11.1 Å². The largest absolute Gasteiger partial charge is 0.393 e. The Labute approximate surface area is 111 Å². The lowest BCUT2D eigenvalue weighted by Crippen LogP contribution is -2.29. The van der Waals surface area contributed by atoms with E-state index in [4.69, 9.17) is 11.6 Å². The highest BCUT2D eigenvalue weighted by Crippen LogP contribution is 2.25. The first-order valence-corrected chi connectivity index (χ1v) is 7.62. The normalized spacial score (nSPS) is 24.3. The predicted molar refractivity (Wildman–Crippen MR) is 67.8 cm³/mol. The zero-order valence-electron chi connectivity index (χ0n) is 9.71. The zero-order valence-corrected chi connectivity index (χ0v) is 11.3.